The molecule has 1 aliphatic carbocycles. The number of methoxy groups -OCH3 is 1. The fourth-order valence-electron chi connectivity index (χ4n) is 4.02. The first-order valence-electron chi connectivity index (χ1n) is 10.7. The Morgan fingerprint density at radius 3 is 2.60 bits per heavy atom. The van der Waals surface area contributed by atoms with Crippen molar-refractivity contribution in [1.82, 2.24) is 15.1 Å². The van der Waals surface area contributed by atoms with Crippen LogP contribution in [0.5, 0.6) is 0 Å². The molecule has 3 amide bonds. The van der Waals surface area contributed by atoms with E-state index < -0.39 is 6.04 Å². The number of nitrogens with zero attached hydrogens (tertiary/aromatic N) is 2. The number of rotatable bonds is 10. The summed E-state index contributed by atoms with van der Waals surface area (Å²) in [6, 6.07) is 9.24. The van der Waals surface area contributed by atoms with Gasteiger partial charge in [0.05, 0.1) is 6.04 Å². The highest BCUT2D eigenvalue weighted by molar-refractivity contribution is 5.89. The molecule has 0 spiro atoms. The number of carbonyl (C=O) groups is 3. The van der Waals surface area contributed by atoms with Crippen molar-refractivity contribution in [2.75, 3.05) is 39.9 Å². The maximum absolute atomic E-state index is 13.0. The van der Waals surface area contributed by atoms with Crippen LogP contribution in [0.2, 0.25) is 0 Å². The first-order valence-corrected chi connectivity index (χ1v) is 10.7. The van der Waals surface area contributed by atoms with Gasteiger partial charge in [-0.2, -0.15) is 0 Å². The average Bonchev–Trinajstić information content (AvgIpc) is 3.52. The van der Waals surface area contributed by atoms with Gasteiger partial charge in [0.15, 0.2) is 0 Å². The predicted molar refractivity (Wildman–Crippen MR) is 112 cm³/mol. The number of amides is 3. The molecule has 3 N–H and O–H groups in total. The van der Waals surface area contributed by atoms with Crippen molar-refractivity contribution in [2.45, 2.75) is 37.8 Å². The molecule has 1 aromatic carbocycles. The Labute approximate surface area is 177 Å². The van der Waals surface area contributed by atoms with Crippen molar-refractivity contribution in [3.05, 3.63) is 35.9 Å². The van der Waals surface area contributed by atoms with Gasteiger partial charge >= 0.3 is 0 Å². The highest BCUT2D eigenvalue weighted by Crippen LogP contribution is 2.34. The summed E-state index contributed by atoms with van der Waals surface area (Å²) in [7, 11) is 1.46. The van der Waals surface area contributed by atoms with Crippen LogP contribution in [0.25, 0.3) is 0 Å². The first kappa shape index (κ1) is 22.2. The van der Waals surface area contributed by atoms with E-state index in [1.165, 1.54) is 7.11 Å². The van der Waals surface area contributed by atoms with E-state index in [0.717, 1.165) is 24.8 Å². The molecule has 2 fully saturated rings. The van der Waals surface area contributed by atoms with Gasteiger partial charge in [-0.25, -0.2) is 0 Å². The van der Waals surface area contributed by atoms with Crippen LogP contribution >= 0.6 is 0 Å². The quantitative estimate of drug-likeness (QED) is 0.565. The molecule has 0 aromatic heterocycles. The minimum Gasteiger partial charge on any atom is -0.375 e. The summed E-state index contributed by atoms with van der Waals surface area (Å²) in [5, 5.41) is 2.78. The fraction of sp³-hybridized carbons (Fsp3) is 0.591. The average molecular weight is 417 g/mol. The second-order valence-corrected chi connectivity index (χ2v) is 8.01. The second kappa shape index (κ2) is 10.5. The maximum atomic E-state index is 13.0. The summed E-state index contributed by atoms with van der Waals surface area (Å²) in [6.45, 7) is 1.51. The summed E-state index contributed by atoms with van der Waals surface area (Å²) in [6.07, 6.45) is 3.01. The third-order valence-corrected chi connectivity index (χ3v) is 5.75. The van der Waals surface area contributed by atoms with Crippen molar-refractivity contribution < 1.29 is 19.1 Å². The monoisotopic (exact) mass is 416 g/mol. The van der Waals surface area contributed by atoms with Crippen molar-refractivity contribution in [2.24, 2.45) is 11.7 Å². The Morgan fingerprint density at radius 1 is 1.23 bits per heavy atom. The summed E-state index contributed by atoms with van der Waals surface area (Å²) >= 11 is 0. The standard InChI is InChI=1S/C22H32N4O4/c1-30-15-20(27)26-14-18(13-19(26)21(28)24-11-10-23)25(22(29)17-7-8-17)12-9-16-5-3-2-4-6-16/h2-6,17-19H,7-15,23H2,1H3,(H,24,28). The molecule has 8 heteroatoms. The molecular formula is C22H32N4O4. The van der Waals surface area contributed by atoms with E-state index in [-0.39, 0.29) is 36.3 Å². The van der Waals surface area contributed by atoms with Gasteiger partial charge in [-0.3, -0.25) is 14.4 Å². The summed E-state index contributed by atoms with van der Waals surface area (Å²) in [5.41, 5.74) is 6.66. The summed E-state index contributed by atoms with van der Waals surface area (Å²) in [5.74, 6) is -0.254. The molecule has 1 heterocycles. The van der Waals surface area contributed by atoms with E-state index in [9.17, 15) is 14.4 Å². The highest BCUT2D eigenvalue weighted by Gasteiger charge is 2.44. The number of hydrogen-bond donors (Lipinski definition) is 2. The first-order chi connectivity index (χ1) is 14.5. The molecule has 164 valence electrons. The van der Waals surface area contributed by atoms with Gasteiger partial charge in [0.1, 0.15) is 12.6 Å². The topological polar surface area (TPSA) is 105 Å². The van der Waals surface area contributed by atoms with E-state index in [4.69, 9.17) is 10.5 Å². The third-order valence-electron chi connectivity index (χ3n) is 5.75. The van der Waals surface area contributed by atoms with Crippen LogP contribution in [-0.2, 0) is 25.5 Å². The van der Waals surface area contributed by atoms with Crippen molar-refractivity contribution in [1.29, 1.82) is 0 Å². The van der Waals surface area contributed by atoms with Crippen LogP contribution < -0.4 is 11.1 Å². The zero-order chi connectivity index (χ0) is 21.5. The Morgan fingerprint density at radius 2 is 1.97 bits per heavy atom. The number of nitrogens with one attached hydrogen (secondary N) is 1. The van der Waals surface area contributed by atoms with E-state index >= 15 is 0 Å². The smallest absolute Gasteiger partial charge is 0.249 e. The van der Waals surface area contributed by atoms with Gasteiger partial charge in [0, 0.05) is 39.2 Å². The van der Waals surface area contributed by atoms with Crippen LogP contribution in [0.3, 0.4) is 0 Å². The van der Waals surface area contributed by atoms with Crippen molar-refractivity contribution >= 4 is 17.7 Å². The Hall–Kier alpha value is -2.45. The van der Waals surface area contributed by atoms with Gasteiger partial charge < -0.3 is 25.6 Å². The van der Waals surface area contributed by atoms with Gasteiger partial charge in [-0.1, -0.05) is 30.3 Å². The SMILES string of the molecule is COCC(=O)N1CC(N(CCc2ccccc2)C(=O)C2CC2)CC1C(=O)NCCN. The molecule has 1 saturated carbocycles. The van der Waals surface area contributed by atoms with Gasteiger partial charge in [-0.15, -0.1) is 0 Å². The number of likely N-dealkylation sites (tertiary alicyclic amines) is 1. The molecule has 0 radical (unpaired) electrons. The number of ether oxygens (including phenoxy) is 1. The summed E-state index contributed by atoms with van der Waals surface area (Å²) in [4.78, 5) is 41.8. The highest BCUT2D eigenvalue weighted by atomic mass is 16.5. The van der Waals surface area contributed by atoms with Crippen LogP contribution in [0.4, 0.5) is 0 Å². The van der Waals surface area contributed by atoms with Crippen LogP contribution in [0, 0.1) is 5.92 Å². The minimum atomic E-state index is -0.615. The molecule has 1 aromatic rings. The number of nitrogens with two attached hydrogens (primary N) is 1. The molecule has 8 nitrogen and oxygen atoms in total. The molecule has 0 bridgehead atoms. The molecule has 30 heavy (non-hydrogen) atoms. The van der Waals surface area contributed by atoms with E-state index in [2.05, 4.69) is 5.32 Å². The lowest BCUT2D eigenvalue weighted by Gasteiger charge is -2.29. The van der Waals surface area contributed by atoms with Crippen molar-refractivity contribution in [3.8, 4) is 0 Å². The molecule has 2 aliphatic rings. The Balaban J connectivity index is 1.74. The fourth-order valence-corrected chi connectivity index (χ4v) is 4.02. The van der Waals surface area contributed by atoms with Crippen LogP contribution in [0.15, 0.2) is 30.3 Å². The third kappa shape index (κ3) is 5.58. The van der Waals surface area contributed by atoms with Crippen molar-refractivity contribution in [3.63, 3.8) is 0 Å². The van der Waals surface area contributed by atoms with Gasteiger partial charge in [0.25, 0.3) is 0 Å². The zero-order valence-corrected chi connectivity index (χ0v) is 17.6. The molecule has 3 rings (SSSR count). The normalized spacial score (nSPS) is 20.8. The number of carbonyl (C=O) groups excluding carboxylic acids is 3. The van der Waals surface area contributed by atoms with Gasteiger partial charge in [-0.05, 0) is 31.2 Å². The minimum absolute atomic E-state index is 0.0778. The lowest BCUT2D eigenvalue weighted by Crippen LogP contribution is -2.48. The van der Waals surface area contributed by atoms with E-state index in [1.54, 1.807) is 4.90 Å². The van der Waals surface area contributed by atoms with Gasteiger partial charge in [0.2, 0.25) is 17.7 Å². The lowest BCUT2D eigenvalue weighted by molar-refractivity contribution is -0.141. The zero-order valence-electron chi connectivity index (χ0n) is 17.6. The Bertz CT molecular complexity index is 738. The predicted octanol–water partition coefficient (Wildman–Crippen LogP) is 0.159. The number of hydrogen-bond acceptors (Lipinski definition) is 5. The maximum Gasteiger partial charge on any atom is 0.249 e. The second-order valence-electron chi connectivity index (χ2n) is 8.01. The molecule has 2 unspecified atom stereocenters. The van der Waals surface area contributed by atoms with E-state index in [0.29, 0.717) is 32.6 Å². The lowest BCUT2D eigenvalue weighted by atomic mass is 10.1. The number of benzene rings is 1. The summed E-state index contributed by atoms with van der Waals surface area (Å²) < 4.78 is 5.00. The molecule has 2 atom stereocenters. The molecule has 1 aliphatic heterocycles. The molecule has 1 saturated heterocycles. The largest absolute Gasteiger partial charge is 0.375 e. The Kier molecular flexibility index (Phi) is 7.81. The van der Waals surface area contributed by atoms with E-state index in [1.807, 2.05) is 35.2 Å². The van der Waals surface area contributed by atoms with Crippen LogP contribution in [0.1, 0.15) is 24.8 Å². The van der Waals surface area contributed by atoms with Crippen LogP contribution in [-0.4, -0.2) is 79.5 Å². The molecular weight excluding hydrogens is 384 g/mol.